The maximum absolute atomic E-state index is 12.9. The largest absolute Gasteiger partial charge is 0.207 e. The fourth-order valence-electron chi connectivity index (χ4n) is 1.76. The summed E-state index contributed by atoms with van der Waals surface area (Å²) in [6, 6.07) is 6.94. The minimum atomic E-state index is -0.118. The van der Waals surface area contributed by atoms with E-state index in [-0.39, 0.29) is 5.82 Å². The number of benzene rings is 1. The molecule has 0 atom stereocenters. The Bertz CT molecular complexity index is 264. The number of hydrogen-bond donors (Lipinski definition) is 0. The van der Waals surface area contributed by atoms with Gasteiger partial charge in [0.2, 0.25) is 0 Å². The average Bonchev–Trinajstić information content (AvgIpc) is 2.19. The zero-order valence-corrected chi connectivity index (χ0v) is 9.09. The quantitative estimate of drug-likeness (QED) is 0.659. The van der Waals surface area contributed by atoms with Crippen LogP contribution in [-0.2, 0) is 6.42 Å². The second-order valence-electron chi connectivity index (χ2n) is 3.85. The van der Waals surface area contributed by atoms with Crippen molar-refractivity contribution in [1.82, 2.24) is 0 Å². The Morgan fingerprint density at radius 3 is 2.50 bits per heavy atom. The van der Waals surface area contributed by atoms with E-state index in [0.717, 1.165) is 17.9 Å². The smallest absolute Gasteiger partial charge is 0.123 e. The molecular formula is C13H19F. The molecule has 0 aromatic heterocycles. The molecule has 0 saturated carbocycles. The lowest BCUT2D eigenvalue weighted by molar-refractivity contribution is 0.456. The second kappa shape index (κ2) is 5.79. The van der Waals surface area contributed by atoms with Crippen LogP contribution in [-0.4, -0.2) is 0 Å². The SMILES string of the molecule is CCC(CC)CCc1cccc(F)c1. The van der Waals surface area contributed by atoms with E-state index < -0.39 is 0 Å². The fraction of sp³-hybridized carbons (Fsp3) is 0.538. The molecule has 0 fully saturated rings. The molecule has 0 bridgehead atoms. The molecule has 0 aliphatic heterocycles. The van der Waals surface area contributed by atoms with Gasteiger partial charge < -0.3 is 0 Å². The molecule has 1 heteroatoms. The highest BCUT2D eigenvalue weighted by molar-refractivity contribution is 5.16. The van der Waals surface area contributed by atoms with Crippen molar-refractivity contribution in [2.75, 3.05) is 0 Å². The van der Waals surface area contributed by atoms with Crippen LogP contribution in [0.25, 0.3) is 0 Å². The van der Waals surface area contributed by atoms with Gasteiger partial charge in [0.1, 0.15) is 5.82 Å². The molecule has 0 heterocycles. The maximum atomic E-state index is 12.9. The molecule has 78 valence electrons. The highest BCUT2D eigenvalue weighted by Gasteiger charge is 2.03. The van der Waals surface area contributed by atoms with Gasteiger partial charge >= 0.3 is 0 Å². The lowest BCUT2D eigenvalue weighted by Gasteiger charge is -2.11. The van der Waals surface area contributed by atoms with E-state index in [0.29, 0.717) is 0 Å². The Morgan fingerprint density at radius 2 is 1.93 bits per heavy atom. The van der Waals surface area contributed by atoms with Crippen molar-refractivity contribution in [1.29, 1.82) is 0 Å². The van der Waals surface area contributed by atoms with Crippen LogP contribution in [0.1, 0.15) is 38.7 Å². The predicted molar refractivity (Wildman–Crippen MR) is 58.8 cm³/mol. The Kier molecular flexibility index (Phi) is 4.64. The van der Waals surface area contributed by atoms with Gasteiger partial charge in [0, 0.05) is 0 Å². The minimum absolute atomic E-state index is 0.118. The average molecular weight is 194 g/mol. The summed E-state index contributed by atoms with van der Waals surface area (Å²) in [5.41, 5.74) is 1.12. The molecule has 0 nitrogen and oxygen atoms in total. The van der Waals surface area contributed by atoms with E-state index in [2.05, 4.69) is 13.8 Å². The van der Waals surface area contributed by atoms with Crippen LogP contribution in [0.15, 0.2) is 24.3 Å². The van der Waals surface area contributed by atoms with Crippen LogP contribution in [0.2, 0.25) is 0 Å². The topological polar surface area (TPSA) is 0 Å². The second-order valence-corrected chi connectivity index (χ2v) is 3.85. The third kappa shape index (κ3) is 3.49. The highest BCUT2D eigenvalue weighted by atomic mass is 19.1. The number of halogens is 1. The molecule has 0 radical (unpaired) electrons. The third-order valence-electron chi connectivity index (χ3n) is 2.88. The molecule has 1 rings (SSSR count). The lowest BCUT2D eigenvalue weighted by atomic mass is 9.95. The lowest BCUT2D eigenvalue weighted by Crippen LogP contribution is -1.99. The van der Waals surface area contributed by atoms with Crippen molar-refractivity contribution in [2.45, 2.75) is 39.5 Å². The fourth-order valence-corrected chi connectivity index (χ4v) is 1.76. The molecule has 14 heavy (non-hydrogen) atoms. The molecule has 0 aliphatic rings. The van der Waals surface area contributed by atoms with Crippen molar-refractivity contribution in [3.63, 3.8) is 0 Å². The summed E-state index contributed by atoms with van der Waals surface area (Å²) in [4.78, 5) is 0. The van der Waals surface area contributed by atoms with Crippen LogP contribution in [0.5, 0.6) is 0 Å². The van der Waals surface area contributed by atoms with E-state index in [9.17, 15) is 4.39 Å². The molecule has 1 aromatic rings. The van der Waals surface area contributed by atoms with Crippen molar-refractivity contribution in [2.24, 2.45) is 5.92 Å². The van der Waals surface area contributed by atoms with Gasteiger partial charge in [-0.3, -0.25) is 0 Å². The first kappa shape index (κ1) is 11.2. The van der Waals surface area contributed by atoms with E-state index in [1.54, 1.807) is 12.1 Å². The van der Waals surface area contributed by atoms with Crippen LogP contribution >= 0.6 is 0 Å². The molecule has 0 aliphatic carbocycles. The van der Waals surface area contributed by atoms with Crippen LogP contribution in [0, 0.1) is 11.7 Å². The summed E-state index contributed by atoms with van der Waals surface area (Å²) in [7, 11) is 0. The standard InChI is InChI=1S/C13H19F/c1-3-11(4-2)8-9-12-6-5-7-13(14)10-12/h5-7,10-11H,3-4,8-9H2,1-2H3. The first-order valence-corrected chi connectivity index (χ1v) is 5.50. The first-order chi connectivity index (χ1) is 6.76. The van der Waals surface area contributed by atoms with E-state index in [1.807, 2.05) is 6.07 Å². The molecule has 0 N–H and O–H groups in total. The van der Waals surface area contributed by atoms with Crippen molar-refractivity contribution in [3.05, 3.63) is 35.6 Å². The van der Waals surface area contributed by atoms with Gasteiger partial charge in [-0.25, -0.2) is 4.39 Å². The Balaban J connectivity index is 2.44. The van der Waals surface area contributed by atoms with Gasteiger partial charge in [-0.2, -0.15) is 0 Å². The predicted octanol–water partition coefficient (Wildman–Crippen LogP) is 4.19. The third-order valence-corrected chi connectivity index (χ3v) is 2.88. The normalized spacial score (nSPS) is 10.9. The summed E-state index contributed by atoms with van der Waals surface area (Å²) in [6.07, 6.45) is 4.64. The Hall–Kier alpha value is -0.850. The van der Waals surface area contributed by atoms with Gasteiger partial charge in [-0.1, -0.05) is 38.8 Å². The Morgan fingerprint density at radius 1 is 1.21 bits per heavy atom. The molecular weight excluding hydrogens is 175 g/mol. The summed E-state index contributed by atoms with van der Waals surface area (Å²) >= 11 is 0. The number of hydrogen-bond acceptors (Lipinski definition) is 0. The minimum Gasteiger partial charge on any atom is -0.207 e. The highest BCUT2D eigenvalue weighted by Crippen LogP contribution is 2.16. The molecule has 0 spiro atoms. The van der Waals surface area contributed by atoms with Gasteiger partial charge in [-0.15, -0.1) is 0 Å². The number of aryl methyl sites for hydroxylation is 1. The van der Waals surface area contributed by atoms with Crippen LogP contribution in [0.4, 0.5) is 4.39 Å². The van der Waals surface area contributed by atoms with Crippen molar-refractivity contribution in [3.8, 4) is 0 Å². The monoisotopic (exact) mass is 194 g/mol. The van der Waals surface area contributed by atoms with E-state index >= 15 is 0 Å². The van der Waals surface area contributed by atoms with Gasteiger partial charge in [-0.05, 0) is 36.5 Å². The first-order valence-electron chi connectivity index (χ1n) is 5.50. The van der Waals surface area contributed by atoms with E-state index in [4.69, 9.17) is 0 Å². The molecule has 0 saturated heterocycles. The van der Waals surface area contributed by atoms with Gasteiger partial charge in [0.05, 0.1) is 0 Å². The maximum Gasteiger partial charge on any atom is 0.123 e. The molecule has 1 aromatic carbocycles. The van der Waals surface area contributed by atoms with Crippen LogP contribution in [0.3, 0.4) is 0 Å². The Labute approximate surface area is 86.2 Å². The van der Waals surface area contributed by atoms with Crippen LogP contribution < -0.4 is 0 Å². The summed E-state index contributed by atoms with van der Waals surface area (Å²) in [5, 5.41) is 0. The van der Waals surface area contributed by atoms with Crippen molar-refractivity contribution >= 4 is 0 Å². The van der Waals surface area contributed by atoms with E-state index in [1.165, 1.54) is 25.3 Å². The summed E-state index contributed by atoms with van der Waals surface area (Å²) in [6.45, 7) is 4.44. The van der Waals surface area contributed by atoms with Gasteiger partial charge in [0.25, 0.3) is 0 Å². The van der Waals surface area contributed by atoms with Crippen molar-refractivity contribution < 1.29 is 4.39 Å². The zero-order chi connectivity index (χ0) is 10.4. The molecule has 0 unspecified atom stereocenters. The summed E-state index contributed by atoms with van der Waals surface area (Å²) < 4.78 is 12.9. The van der Waals surface area contributed by atoms with Gasteiger partial charge in [0.15, 0.2) is 0 Å². The zero-order valence-electron chi connectivity index (χ0n) is 9.09. The molecule has 0 amide bonds. The number of rotatable bonds is 5. The summed E-state index contributed by atoms with van der Waals surface area (Å²) in [5.74, 6) is 0.672.